The first kappa shape index (κ1) is 14.2. The van der Waals surface area contributed by atoms with Crippen molar-refractivity contribution in [1.82, 2.24) is 10.2 Å². The second-order valence-electron chi connectivity index (χ2n) is 3.97. The molecule has 1 amide bonds. The first-order valence-electron chi connectivity index (χ1n) is 5.82. The summed E-state index contributed by atoms with van der Waals surface area (Å²) in [7, 11) is 1.85. The summed E-state index contributed by atoms with van der Waals surface area (Å²) in [5, 5.41) is 3.04. The summed E-state index contributed by atoms with van der Waals surface area (Å²) in [6.45, 7) is 4.00. The van der Waals surface area contributed by atoms with Gasteiger partial charge in [0.1, 0.15) is 0 Å². The normalized spacial score (nSPS) is 10.3. The van der Waals surface area contributed by atoms with E-state index in [1.165, 1.54) is 5.56 Å². The Labute approximate surface area is 111 Å². The predicted molar refractivity (Wildman–Crippen MR) is 74.0 cm³/mol. The zero-order valence-corrected chi connectivity index (χ0v) is 12.0. The summed E-state index contributed by atoms with van der Waals surface area (Å²) in [6.07, 6.45) is 0.891. The molecule has 17 heavy (non-hydrogen) atoms. The molecule has 0 aliphatic heterocycles. The second-order valence-corrected chi connectivity index (χ2v) is 4.89. The lowest BCUT2D eigenvalue weighted by atomic mass is 10.1. The third kappa shape index (κ3) is 5.33. The Balaban J connectivity index is 2.34. The largest absolute Gasteiger partial charge is 0.344 e. The molecule has 1 rings (SSSR count). The van der Waals surface area contributed by atoms with Crippen molar-refractivity contribution < 1.29 is 4.79 Å². The molecule has 0 saturated carbocycles. The van der Waals surface area contributed by atoms with Crippen LogP contribution in [0.5, 0.6) is 0 Å². The third-order valence-corrected chi connectivity index (χ3v) is 3.13. The van der Waals surface area contributed by atoms with Crippen LogP contribution in [0, 0.1) is 0 Å². The fraction of sp³-hybridized carbons (Fsp3) is 0.462. The molecule has 0 unspecified atom stereocenters. The van der Waals surface area contributed by atoms with Crippen molar-refractivity contribution in [2.75, 3.05) is 26.7 Å². The number of nitrogens with one attached hydrogen (secondary N) is 1. The van der Waals surface area contributed by atoms with Gasteiger partial charge in [-0.2, -0.15) is 0 Å². The summed E-state index contributed by atoms with van der Waals surface area (Å²) in [5.41, 5.74) is 1.25. The highest BCUT2D eigenvalue weighted by atomic mass is 79.9. The van der Waals surface area contributed by atoms with E-state index in [1.807, 2.05) is 26.1 Å². The minimum Gasteiger partial charge on any atom is -0.344 e. The Hall–Kier alpha value is -0.870. The molecule has 0 fully saturated rings. The number of rotatable bonds is 6. The molecule has 1 aromatic rings. The average Bonchev–Trinajstić information content (AvgIpc) is 2.34. The van der Waals surface area contributed by atoms with Crippen LogP contribution in [0.3, 0.4) is 0 Å². The molecular weight excluding hydrogens is 280 g/mol. The number of benzene rings is 1. The van der Waals surface area contributed by atoms with Gasteiger partial charge in [0.25, 0.3) is 0 Å². The number of likely N-dealkylation sites (N-methyl/N-ethyl adjacent to an activating group) is 2. The Bertz CT molecular complexity index is 351. The van der Waals surface area contributed by atoms with Crippen LogP contribution >= 0.6 is 15.9 Å². The molecule has 1 aromatic carbocycles. The summed E-state index contributed by atoms with van der Waals surface area (Å²) in [5.74, 6) is 0.143. The van der Waals surface area contributed by atoms with Crippen LogP contribution in [0.15, 0.2) is 28.7 Å². The molecule has 4 heteroatoms. The summed E-state index contributed by atoms with van der Waals surface area (Å²) >= 11 is 3.40. The highest BCUT2D eigenvalue weighted by Crippen LogP contribution is 2.11. The maximum atomic E-state index is 11.6. The van der Waals surface area contributed by atoms with Crippen molar-refractivity contribution in [1.29, 1.82) is 0 Å². The summed E-state index contributed by atoms with van der Waals surface area (Å²) < 4.78 is 1.08. The van der Waals surface area contributed by atoms with E-state index in [-0.39, 0.29) is 5.91 Å². The fourth-order valence-corrected chi connectivity index (χ4v) is 1.70. The van der Waals surface area contributed by atoms with Gasteiger partial charge in [-0.25, -0.2) is 0 Å². The Kier molecular flexibility index (Phi) is 6.22. The SMILES string of the molecule is CCNCC(=O)N(C)CCc1ccc(Br)cc1. The van der Waals surface area contributed by atoms with Crippen LogP contribution in [-0.4, -0.2) is 37.5 Å². The molecule has 3 nitrogen and oxygen atoms in total. The number of hydrogen-bond acceptors (Lipinski definition) is 2. The first-order chi connectivity index (χ1) is 8.13. The molecule has 0 aliphatic rings. The van der Waals surface area contributed by atoms with Crippen LogP contribution in [-0.2, 0) is 11.2 Å². The number of carbonyl (C=O) groups is 1. The van der Waals surface area contributed by atoms with Crippen molar-refractivity contribution >= 4 is 21.8 Å². The zero-order valence-electron chi connectivity index (χ0n) is 10.4. The number of halogens is 1. The van der Waals surface area contributed by atoms with Gasteiger partial charge in [-0.05, 0) is 30.7 Å². The van der Waals surface area contributed by atoms with E-state index in [9.17, 15) is 4.79 Å². The fourth-order valence-electron chi connectivity index (χ4n) is 1.44. The average molecular weight is 299 g/mol. The smallest absolute Gasteiger partial charge is 0.236 e. The maximum Gasteiger partial charge on any atom is 0.236 e. The molecule has 0 bridgehead atoms. The van der Waals surface area contributed by atoms with Crippen LogP contribution in [0.4, 0.5) is 0 Å². The Morgan fingerprint density at radius 1 is 1.35 bits per heavy atom. The van der Waals surface area contributed by atoms with E-state index >= 15 is 0 Å². The van der Waals surface area contributed by atoms with Crippen molar-refractivity contribution in [3.8, 4) is 0 Å². The van der Waals surface area contributed by atoms with Crippen molar-refractivity contribution in [3.05, 3.63) is 34.3 Å². The van der Waals surface area contributed by atoms with Crippen LogP contribution in [0.25, 0.3) is 0 Å². The van der Waals surface area contributed by atoms with Crippen molar-refractivity contribution in [3.63, 3.8) is 0 Å². The van der Waals surface area contributed by atoms with Crippen molar-refractivity contribution in [2.45, 2.75) is 13.3 Å². The monoisotopic (exact) mass is 298 g/mol. The van der Waals surface area contributed by atoms with Crippen LogP contribution in [0.1, 0.15) is 12.5 Å². The minimum atomic E-state index is 0.143. The van der Waals surface area contributed by atoms with Gasteiger partial charge in [0.15, 0.2) is 0 Å². The molecule has 1 N–H and O–H groups in total. The second kappa shape index (κ2) is 7.45. The van der Waals surface area contributed by atoms with Crippen LogP contribution in [0.2, 0.25) is 0 Å². The van der Waals surface area contributed by atoms with E-state index in [4.69, 9.17) is 0 Å². The molecule has 94 valence electrons. The van der Waals surface area contributed by atoms with Gasteiger partial charge < -0.3 is 10.2 Å². The lowest BCUT2D eigenvalue weighted by Gasteiger charge is -2.17. The standard InChI is InChI=1S/C13H19BrN2O/c1-3-15-10-13(17)16(2)9-8-11-4-6-12(14)7-5-11/h4-7,15H,3,8-10H2,1-2H3. The summed E-state index contributed by atoms with van der Waals surface area (Å²) in [4.78, 5) is 13.4. The minimum absolute atomic E-state index is 0.143. The molecule has 0 heterocycles. The molecule has 0 aromatic heterocycles. The molecular formula is C13H19BrN2O. The van der Waals surface area contributed by atoms with Gasteiger partial charge in [0.05, 0.1) is 6.54 Å². The van der Waals surface area contributed by atoms with E-state index in [0.717, 1.165) is 24.0 Å². The molecule has 0 radical (unpaired) electrons. The van der Waals surface area contributed by atoms with Gasteiger partial charge in [-0.3, -0.25) is 4.79 Å². The van der Waals surface area contributed by atoms with Crippen LogP contribution < -0.4 is 5.32 Å². The van der Waals surface area contributed by atoms with Gasteiger partial charge >= 0.3 is 0 Å². The predicted octanol–water partition coefficient (Wildman–Crippen LogP) is 2.06. The van der Waals surface area contributed by atoms with Gasteiger partial charge in [0.2, 0.25) is 5.91 Å². The molecule has 0 spiro atoms. The van der Waals surface area contributed by atoms with Crippen molar-refractivity contribution in [2.24, 2.45) is 0 Å². The van der Waals surface area contributed by atoms with E-state index < -0.39 is 0 Å². The topological polar surface area (TPSA) is 32.3 Å². The molecule has 0 atom stereocenters. The van der Waals surface area contributed by atoms with Gasteiger partial charge in [-0.1, -0.05) is 35.0 Å². The number of nitrogens with zero attached hydrogens (tertiary/aromatic N) is 1. The number of hydrogen-bond donors (Lipinski definition) is 1. The van der Waals surface area contributed by atoms with Gasteiger partial charge in [-0.15, -0.1) is 0 Å². The Morgan fingerprint density at radius 2 is 2.00 bits per heavy atom. The zero-order chi connectivity index (χ0) is 12.7. The van der Waals surface area contributed by atoms with E-state index in [0.29, 0.717) is 6.54 Å². The Morgan fingerprint density at radius 3 is 2.59 bits per heavy atom. The third-order valence-electron chi connectivity index (χ3n) is 2.60. The molecule has 0 aliphatic carbocycles. The molecule has 0 saturated heterocycles. The number of carbonyl (C=O) groups excluding carboxylic acids is 1. The highest BCUT2D eigenvalue weighted by molar-refractivity contribution is 9.10. The maximum absolute atomic E-state index is 11.6. The number of amides is 1. The van der Waals surface area contributed by atoms with E-state index in [1.54, 1.807) is 4.90 Å². The lowest BCUT2D eigenvalue weighted by molar-refractivity contribution is -0.128. The first-order valence-corrected chi connectivity index (χ1v) is 6.62. The lowest BCUT2D eigenvalue weighted by Crippen LogP contribution is -2.36. The quantitative estimate of drug-likeness (QED) is 0.872. The highest BCUT2D eigenvalue weighted by Gasteiger charge is 2.07. The summed E-state index contributed by atoms with van der Waals surface area (Å²) in [6, 6.07) is 8.20. The van der Waals surface area contributed by atoms with E-state index in [2.05, 4.69) is 33.4 Å². The van der Waals surface area contributed by atoms with Gasteiger partial charge in [0, 0.05) is 18.1 Å².